The molecule has 2 heterocycles. The molecule has 2 aliphatic heterocycles. The lowest BCUT2D eigenvalue weighted by Gasteiger charge is -2.40. The van der Waals surface area contributed by atoms with Crippen molar-refractivity contribution in [3.05, 3.63) is 65.0 Å². The zero-order valence-corrected chi connectivity index (χ0v) is 18.9. The first-order valence-electron chi connectivity index (χ1n) is 12.0. The molecule has 1 saturated carbocycles. The molecule has 6 nitrogen and oxygen atoms in total. The van der Waals surface area contributed by atoms with Crippen molar-refractivity contribution < 1.29 is 14.0 Å². The summed E-state index contributed by atoms with van der Waals surface area (Å²) in [6, 6.07) is 12.2. The summed E-state index contributed by atoms with van der Waals surface area (Å²) in [6.45, 7) is 4.29. The standard InChI is InChI=1S/C26H31FN4O2/c27-22-9-6-20-17-31(18-21(20)16-22)26(33)28-23-10-7-19(8-11-23)25(32)30-14-12-29(13-15-30)24-4-2-1-3-5-24/h6-11,16,24H,1-5,12-15,17-18H2,(H,28,33). The molecule has 1 saturated heterocycles. The van der Waals surface area contributed by atoms with Crippen LogP contribution in [0.1, 0.15) is 53.6 Å². The summed E-state index contributed by atoms with van der Waals surface area (Å²) in [7, 11) is 0. The molecule has 1 aliphatic carbocycles. The Labute approximate surface area is 194 Å². The van der Waals surface area contributed by atoms with Gasteiger partial charge in [0.25, 0.3) is 5.91 Å². The van der Waals surface area contributed by atoms with E-state index in [1.807, 2.05) is 4.90 Å². The van der Waals surface area contributed by atoms with E-state index >= 15 is 0 Å². The molecule has 7 heteroatoms. The second-order valence-electron chi connectivity index (χ2n) is 9.40. The summed E-state index contributed by atoms with van der Waals surface area (Å²) in [6.07, 6.45) is 6.60. The second-order valence-corrected chi connectivity index (χ2v) is 9.40. The third-order valence-corrected chi connectivity index (χ3v) is 7.25. The third kappa shape index (κ3) is 4.88. The molecule has 0 bridgehead atoms. The van der Waals surface area contributed by atoms with Crippen LogP contribution in [0.2, 0.25) is 0 Å². The Balaban J connectivity index is 1.13. The number of piperazine rings is 1. The van der Waals surface area contributed by atoms with Gasteiger partial charge in [0.1, 0.15) is 5.82 Å². The molecule has 0 unspecified atom stereocenters. The van der Waals surface area contributed by atoms with Crippen LogP contribution in [0, 0.1) is 5.82 Å². The molecule has 0 aromatic heterocycles. The van der Waals surface area contributed by atoms with E-state index in [1.165, 1.54) is 44.2 Å². The number of fused-ring (bicyclic) bond motifs is 1. The Bertz CT molecular complexity index is 1010. The van der Waals surface area contributed by atoms with Crippen LogP contribution in [0.4, 0.5) is 14.9 Å². The average Bonchev–Trinajstić information content (AvgIpc) is 3.28. The molecule has 1 N–H and O–H groups in total. The predicted molar refractivity (Wildman–Crippen MR) is 125 cm³/mol. The number of urea groups is 1. The first kappa shape index (κ1) is 21.9. The Morgan fingerprint density at radius 3 is 2.24 bits per heavy atom. The van der Waals surface area contributed by atoms with E-state index in [4.69, 9.17) is 0 Å². The molecule has 33 heavy (non-hydrogen) atoms. The molecule has 3 aliphatic rings. The van der Waals surface area contributed by atoms with Gasteiger partial charge in [0.05, 0.1) is 0 Å². The van der Waals surface area contributed by atoms with Crippen molar-refractivity contribution in [3.63, 3.8) is 0 Å². The van der Waals surface area contributed by atoms with Gasteiger partial charge in [0, 0.05) is 56.6 Å². The largest absolute Gasteiger partial charge is 0.336 e. The number of nitrogens with one attached hydrogen (secondary N) is 1. The van der Waals surface area contributed by atoms with Gasteiger partial charge in [-0.3, -0.25) is 9.69 Å². The highest BCUT2D eigenvalue weighted by Gasteiger charge is 2.28. The number of carbonyl (C=O) groups is 2. The normalized spacial score (nSPS) is 19.4. The van der Waals surface area contributed by atoms with Gasteiger partial charge in [0.15, 0.2) is 0 Å². The van der Waals surface area contributed by atoms with Gasteiger partial charge in [-0.25, -0.2) is 9.18 Å². The number of rotatable bonds is 3. The number of carbonyl (C=O) groups excluding carboxylic acids is 2. The van der Waals surface area contributed by atoms with Gasteiger partial charge in [0.2, 0.25) is 0 Å². The summed E-state index contributed by atoms with van der Waals surface area (Å²) < 4.78 is 13.4. The lowest BCUT2D eigenvalue weighted by atomic mass is 9.94. The molecule has 2 aromatic rings. The molecule has 0 radical (unpaired) electrons. The fourth-order valence-corrected chi connectivity index (χ4v) is 5.32. The number of halogens is 1. The Morgan fingerprint density at radius 2 is 1.52 bits per heavy atom. The summed E-state index contributed by atoms with van der Waals surface area (Å²) in [5, 5.41) is 2.88. The molecule has 5 rings (SSSR count). The van der Waals surface area contributed by atoms with Crippen molar-refractivity contribution in [3.8, 4) is 0 Å². The fourth-order valence-electron chi connectivity index (χ4n) is 5.32. The van der Waals surface area contributed by atoms with E-state index in [-0.39, 0.29) is 17.8 Å². The van der Waals surface area contributed by atoms with Crippen LogP contribution in [-0.4, -0.2) is 58.9 Å². The minimum Gasteiger partial charge on any atom is -0.336 e. The molecular weight excluding hydrogens is 419 g/mol. The Hall–Kier alpha value is -2.93. The molecule has 174 valence electrons. The first-order valence-corrected chi connectivity index (χ1v) is 12.0. The van der Waals surface area contributed by atoms with E-state index in [1.54, 1.807) is 35.2 Å². The van der Waals surface area contributed by atoms with E-state index in [0.29, 0.717) is 30.4 Å². The molecule has 0 spiro atoms. The minimum absolute atomic E-state index is 0.0492. The summed E-state index contributed by atoms with van der Waals surface area (Å²) in [4.78, 5) is 31.7. The van der Waals surface area contributed by atoms with Crippen LogP contribution >= 0.6 is 0 Å². The van der Waals surface area contributed by atoms with E-state index in [9.17, 15) is 14.0 Å². The number of anilines is 1. The highest BCUT2D eigenvalue weighted by molar-refractivity contribution is 5.95. The van der Waals surface area contributed by atoms with Crippen molar-refractivity contribution in [1.82, 2.24) is 14.7 Å². The lowest BCUT2D eigenvalue weighted by Crippen LogP contribution is -2.52. The predicted octanol–water partition coefficient (Wildman–Crippen LogP) is 4.46. The van der Waals surface area contributed by atoms with Gasteiger partial charge >= 0.3 is 6.03 Å². The Kier molecular flexibility index (Phi) is 6.31. The fraction of sp³-hybridized carbons (Fsp3) is 0.462. The number of nitrogens with zero attached hydrogens (tertiary/aromatic N) is 3. The van der Waals surface area contributed by atoms with Crippen LogP contribution < -0.4 is 5.32 Å². The summed E-state index contributed by atoms with van der Waals surface area (Å²) in [5.74, 6) is -0.236. The Morgan fingerprint density at radius 1 is 0.818 bits per heavy atom. The number of benzene rings is 2. The van der Waals surface area contributed by atoms with Crippen LogP contribution in [-0.2, 0) is 13.1 Å². The van der Waals surface area contributed by atoms with Crippen LogP contribution in [0.25, 0.3) is 0 Å². The van der Waals surface area contributed by atoms with Crippen LogP contribution in [0.15, 0.2) is 42.5 Å². The zero-order valence-electron chi connectivity index (χ0n) is 18.9. The van der Waals surface area contributed by atoms with E-state index in [2.05, 4.69) is 10.2 Å². The molecule has 3 amide bonds. The maximum Gasteiger partial charge on any atom is 0.322 e. The van der Waals surface area contributed by atoms with Gasteiger partial charge in [-0.05, 0) is 60.4 Å². The molecule has 2 fully saturated rings. The van der Waals surface area contributed by atoms with Crippen molar-refractivity contribution in [1.29, 1.82) is 0 Å². The maximum absolute atomic E-state index is 13.4. The SMILES string of the molecule is O=C(Nc1ccc(C(=O)N2CCN(C3CCCCC3)CC2)cc1)N1Cc2ccc(F)cc2C1. The smallest absolute Gasteiger partial charge is 0.322 e. The highest BCUT2D eigenvalue weighted by atomic mass is 19.1. The monoisotopic (exact) mass is 450 g/mol. The lowest BCUT2D eigenvalue weighted by molar-refractivity contribution is 0.0523. The molecule has 2 aromatic carbocycles. The van der Waals surface area contributed by atoms with Gasteiger partial charge < -0.3 is 15.1 Å². The quantitative estimate of drug-likeness (QED) is 0.751. The number of hydrogen-bond acceptors (Lipinski definition) is 3. The van der Waals surface area contributed by atoms with Crippen molar-refractivity contribution in [2.45, 2.75) is 51.2 Å². The third-order valence-electron chi connectivity index (χ3n) is 7.25. The van der Waals surface area contributed by atoms with Gasteiger partial charge in [-0.1, -0.05) is 25.3 Å². The first-order chi connectivity index (χ1) is 16.1. The van der Waals surface area contributed by atoms with E-state index in [0.717, 1.165) is 37.3 Å². The average molecular weight is 451 g/mol. The minimum atomic E-state index is -0.285. The maximum atomic E-state index is 13.4. The second kappa shape index (κ2) is 9.51. The number of amides is 3. The van der Waals surface area contributed by atoms with E-state index < -0.39 is 0 Å². The van der Waals surface area contributed by atoms with Crippen molar-refractivity contribution >= 4 is 17.6 Å². The van der Waals surface area contributed by atoms with Gasteiger partial charge in [-0.15, -0.1) is 0 Å². The summed E-state index contributed by atoms with van der Waals surface area (Å²) >= 11 is 0. The van der Waals surface area contributed by atoms with Crippen LogP contribution in [0.5, 0.6) is 0 Å². The zero-order chi connectivity index (χ0) is 22.8. The highest BCUT2D eigenvalue weighted by Crippen LogP contribution is 2.25. The molecule has 0 atom stereocenters. The molecular formula is C26H31FN4O2. The van der Waals surface area contributed by atoms with Crippen molar-refractivity contribution in [2.75, 3.05) is 31.5 Å². The topological polar surface area (TPSA) is 55.9 Å². The van der Waals surface area contributed by atoms with Crippen molar-refractivity contribution in [2.24, 2.45) is 0 Å². The van der Waals surface area contributed by atoms with Crippen LogP contribution in [0.3, 0.4) is 0 Å². The van der Waals surface area contributed by atoms with Gasteiger partial charge in [-0.2, -0.15) is 0 Å². The summed E-state index contributed by atoms with van der Waals surface area (Å²) in [5.41, 5.74) is 3.09. The number of hydrogen-bond donors (Lipinski definition) is 1.